The average Bonchev–Trinajstić information content (AvgIpc) is 2.79. The molecule has 3 aromatic rings. The number of para-hydroxylation sites is 2. The molecule has 152 valence electrons. The van der Waals surface area contributed by atoms with Crippen molar-refractivity contribution in [2.45, 2.75) is 12.8 Å². The summed E-state index contributed by atoms with van der Waals surface area (Å²) in [5, 5.41) is 5.64. The molecule has 2 N–H and O–H groups in total. The minimum absolute atomic E-state index is 0.0350. The van der Waals surface area contributed by atoms with Gasteiger partial charge in [0.15, 0.2) is 0 Å². The predicted molar refractivity (Wildman–Crippen MR) is 119 cm³/mol. The molecule has 1 heterocycles. The summed E-state index contributed by atoms with van der Waals surface area (Å²) < 4.78 is 5.27. The van der Waals surface area contributed by atoms with Crippen LogP contribution in [0.3, 0.4) is 0 Å². The first-order chi connectivity index (χ1) is 14.7. The lowest BCUT2D eigenvalue weighted by Crippen LogP contribution is -2.35. The van der Waals surface area contributed by atoms with E-state index in [0.717, 1.165) is 24.1 Å². The number of nitrogens with zero attached hydrogens (tertiary/aromatic N) is 1. The molecule has 1 aliphatic heterocycles. The van der Waals surface area contributed by atoms with Crippen molar-refractivity contribution in [1.82, 2.24) is 0 Å². The number of hydrogen-bond donors (Lipinski definition) is 2. The molecule has 0 saturated heterocycles. The minimum Gasteiger partial charge on any atom is -0.495 e. The highest BCUT2D eigenvalue weighted by atomic mass is 16.5. The van der Waals surface area contributed by atoms with E-state index in [0.29, 0.717) is 29.2 Å². The number of hydrogen-bond acceptors (Lipinski definition) is 3. The fourth-order valence-electron chi connectivity index (χ4n) is 3.63. The Morgan fingerprint density at radius 1 is 0.933 bits per heavy atom. The van der Waals surface area contributed by atoms with Gasteiger partial charge in [-0.05, 0) is 54.8 Å². The smallest absolute Gasteiger partial charge is 0.323 e. The van der Waals surface area contributed by atoms with E-state index in [1.807, 2.05) is 60.7 Å². The van der Waals surface area contributed by atoms with Gasteiger partial charge in [-0.2, -0.15) is 0 Å². The average molecular weight is 401 g/mol. The SMILES string of the molecule is COc1ccccc1NC(=O)Nc1ccc2c(c1)N(C(=O)c1ccccc1)CCC2. The van der Waals surface area contributed by atoms with Gasteiger partial charge in [0.1, 0.15) is 5.75 Å². The van der Waals surface area contributed by atoms with Gasteiger partial charge in [-0.25, -0.2) is 4.79 Å². The number of benzene rings is 3. The summed E-state index contributed by atoms with van der Waals surface area (Å²) in [4.78, 5) is 27.3. The fraction of sp³-hybridized carbons (Fsp3) is 0.167. The first kappa shape index (κ1) is 19.5. The molecule has 0 unspecified atom stereocenters. The van der Waals surface area contributed by atoms with Gasteiger partial charge in [0.25, 0.3) is 5.91 Å². The molecule has 0 radical (unpaired) electrons. The molecule has 3 aromatic carbocycles. The van der Waals surface area contributed by atoms with Gasteiger partial charge in [0.05, 0.1) is 12.8 Å². The first-order valence-corrected chi connectivity index (χ1v) is 9.86. The minimum atomic E-state index is -0.379. The van der Waals surface area contributed by atoms with Crippen LogP contribution in [0.4, 0.5) is 21.9 Å². The van der Waals surface area contributed by atoms with E-state index in [2.05, 4.69) is 10.6 Å². The third kappa shape index (κ3) is 4.12. The Hall–Kier alpha value is -3.80. The Morgan fingerprint density at radius 3 is 2.50 bits per heavy atom. The molecule has 0 spiro atoms. The number of rotatable bonds is 4. The molecule has 0 atom stereocenters. The van der Waals surface area contributed by atoms with Gasteiger partial charge >= 0.3 is 6.03 Å². The number of amides is 3. The molecule has 0 aliphatic carbocycles. The molecule has 30 heavy (non-hydrogen) atoms. The number of carbonyl (C=O) groups excluding carboxylic acids is 2. The zero-order valence-electron chi connectivity index (χ0n) is 16.7. The van der Waals surface area contributed by atoms with Gasteiger partial charge in [0, 0.05) is 23.5 Å². The van der Waals surface area contributed by atoms with Crippen LogP contribution in [-0.2, 0) is 6.42 Å². The number of carbonyl (C=O) groups is 2. The highest BCUT2D eigenvalue weighted by Crippen LogP contribution is 2.31. The summed E-state index contributed by atoms with van der Waals surface area (Å²) >= 11 is 0. The molecular weight excluding hydrogens is 378 g/mol. The second-order valence-electron chi connectivity index (χ2n) is 7.05. The van der Waals surface area contributed by atoms with Crippen molar-refractivity contribution in [1.29, 1.82) is 0 Å². The van der Waals surface area contributed by atoms with Gasteiger partial charge < -0.3 is 20.3 Å². The lowest BCUT2D eigenvalue weighted by Gasteiger charge is -2.30. The summed E-state index contributed by atoms with van der Waals surface area (Å²) in [7, 11) is 1.56. The number of fused-ring (bicyclic) bond motifs is 1. The van der Waals surface area contributed by atoms with E-state index < -0.39 is 0 Å². The van der Waals surface area contributed by atoms with Crippen LogP contribution < -0.4 is 20.3 Å². The van der Waals surface area contributed by atoms with Crippen molar-refractivity contribution in [2.24, 2.45) is 0 Å². The third-order valence-corrected chi connectivity index (χ3v) is 5.08. The Morgan fingerprint density at radius 2 is 1.70 bits per heavy atom. The zero-order chi connectivity index (χ0) is 20.9. The Kier molecular flexibility index (Phi) is 5.66. The number of anilines is 3. The quantitative estimate of drug-likeness (QED) is 0.651. The molecule has 4 rings (SSSR count). The van der Waals surface area contributed by atoms with E-state index in [4.69, 9.17) is 4.74 Å². The van der Waals surface area contributed by atoms with Crippen molar-refractivity contribution in [3.05, 3.63) is 83.9 Å². The predicted octanol–water partition coefficient (Wildman–Crippen LogP) is 4.93. The second kappa shape index (κ2) is 8.69. The monoisotopic (exact) mass is 401 g/mol. The fourth-order valence-corrected chi connectivity index (χ4v) is 3.63. The molecule has 0 bridgehead atoms. The van der Waals surface area contributed by atoms with Crippen LogP contribution in [0.2, 0.25) is 0 Å². The number of urea groups is 1. The standard InChI is InChI=1S/C24H23N3O3/c1-30-22-12-6-5-11-20(22)26-24(29)25-19-14-13-17-10-7-15-27(21(17)16-19)23(28)18-8-3-2-4-9-18/h2-6,8-9,11-14,16H,7,10,15H2,1H3,(H2,25,26,29). The van der Waals surface area contributed by atoms with E-state index in [1.165, 1.54) is 0 Å². The van der Waals surface area contributed by atoms with Crippen molar-refractivity contribution in [2.75, 3.05) is 29.2 Å². The summed E-state index contributed by atoms with van der Waals surface area (Å²) in [6.45, 7) is 0.650. The maximum Gasteiger partial charge on any atom is 0.323 e. The lowest BCUT2D eigenvalue weighted by molar-refractivity contribution is 0.0985. The van der Waals surface area contributed by atoms with Crippen molar-refractivity contribution < 1.29 is 14.3 Å². The summed E-state index contributed by atoms with van der Waals surface area (Å²) in [6.07, 6.45) is 1.81. The Labute approximate surface area is 175 Å². The molecular formula is C24H23N3O3. The van der Waals surface area contributed by atoms with Gasteiger partial charge in [-0.3, -0.25) is 4.79 Å². The number of aryl methyl sites for hydroxylation is 1. The molecule has 0 fully saturated rings. The summed E-state index contributed by atoms with van der Waals surface area (Å²) in [5.41, 5.74) is 3.79. The zero-order valence-corrected chi connectivity index (χ0v) is 16.7. The normalized spacial score (nSPS) is 12.6. The van der Waals surface area contributed by atoms with Crippen LogP contribution in [0, 0.1) is 0 Å². The van der Waals surface area contributed by atoms with Crippen molar-refractivity contribution in [3.63, 3.8) is 0 Å². The molecule has 3 amide bonds. The number of methoxy groups -OCH3 is 1. The van der Waals surface area contributed by atoms with E-state index in [1.54, 1.807) is 24.1 Å². The maximum atomic E-state index is 13.0. The first-order valence-electron chi connectivity index (χ1n) is 9.86. The summed E-state index contributed by atoms with van der Waals surface area (Å²) in [5.74, 6) is 0.546. The van der Waals surface area contributed by atoms with Gasteiger partial charge in [0.2, 0.25) is 0 Å². The highest BCUT2D eigenvalue weighted by molar-refractivity contribution is 6.07. The second-order valence-corrected chi connectivity index (χ2v) is 7.05. The van der Waals surface area contributed by atoms with Crippen molar-refractivity contribution >= 4 is 29.0 Å². The van der Waals surface area contributed by atoms with E-state index in [-0.39, 0.29) is 11.9 Å². The Balaban J connectivity index is 1.54. The van der Waals surface area contributed by atoms with Crippen LogP contribution in [0.5, 0.6) is 5.75 Å². The van der Waals surface area contributed by atoms with E-state index >= 15 is 0 Å². The highest BCUT2D eigenvalue weighted by Gasteiger charge is 2.24. The van der Waals surface area contributed by atoms with Crippen LogP contribution in [-0.4, -0.2) is 25.6 Å². The third-order valence-electron chi connectivity index (χ3n) is 5.08. The van der Waals surface area contributed by atoms with Gasteiger partial charge in [-0.1, -0.05) is 36.4 Å². The lowest BCUT2D eigenvalue weighted by atomic mass is 10.00. The van der Waals surface area contributed by atoms with Crippen LogP contribution in [0.15, 0.2) is 72.8 Å². The van der Waals surface area contributed by atoms with Gasteiger partial charge in [-0.15, -0.1) is 0 Å². The van der Waals surface area contributed by atoms with Crippen LogP contribution in [0.1, 0.15) is 22.3 Å². The molecule has 1 aliphatic rings. The molecule has 0 aromatic heterocycles. The molecule has 6 heteroatoms. The van der Waals surface area contributed by atoms with Crippen molar-refractivity contribution in [3.8, 4) is 5.75 Å². The molecule has 6 nitrogen and oxygen atoms in total. The van der Waals surface area contributed by atoms with E-state index in [9.17, 15) is 9.59 Å². The summed E-state index contributed by atoms with van der Waals surface area (Å²) in [6, 6.07) is 21.8. The number of nitrogens with one attached hydrogen (secondary N) is 2. The Bertz CT molecular complexity index is 1070. The topological polar surface area (TPSA) is 70.7 Å². The van der Waals surface area contributed by atoms with Crippen LogP contribution in [0.25, 0.3) is 0 Å². The van der Waals surface area contributed by atoms with Crippen LogP contribution >= 0.6 is 0 Å². The number of ether oxygens (including phenoxy) is 1. The maximum absolute atomic E-state index is 13.0. The largest absolute Gasteiger partial charge is 0.495 e. The molecule has 0 saturated carbocycles.